The van der Waals surface area contributed by atoms with Crippen molar-refractivity contribution in [3.63, 3.8) is 0 Å². The number of nitrogens with zero attached hydrogens (tertiary/aromatic N) is 2. The highest BCUT2D eigenvalue weighted by Gasteiger charge is 2.00. The second-order valence-electron chi connectivity index (χ2n) is 3.83. The molecule has 1 aromatic carbocycles. The van der Waals surface area contributed by atoms with Crippen molar-refractivity contribution in [2.45, 2.75) is 13.3 Å². The van der Waals surface area contributed by atoms with Gasteiger partial charge in [0.15, 0.2) is 0 Å². The number of hydrogen-bond donors (Lipinski definition) is 2. The monoisotopic (exact) mass is 306 g/mol. The molecule has 0 aliphatic rings. The van der Waals surface area contributed by atoms with Crippen LogP contribution in [0.25, 0.3) is 0 Å². The van der Waals surface area contributed by atoms with E-state index in [1.807, 2.05) is 30.3 Å². The summed E-state index contributed by atoms with van der Waals surface area (Å²) in [6.45, 7) is 3.03. The quantitative estimate of drug-likeness (QED) is 0.882. The molecule has 2 N–H and O–H groups in total. The molecule has 4 nitrogen and oxygen atoms in total. The van der Waals surface area contributed by atoms with E-state index in [-0.39, 0.29) is 0 Å². The third-order valence-corrected chi connectivity index (χ3v) is 2.79. The molecule has 0 aliphatic carbocycles. The summed E-state index contributed by atoms with van der Waals surface area (Å²) >= 11 is 3.43. The molecule has 1 heterocycles. The number of benzene rings is 1. The van der Waals surface area contributed by atoms with Crippen LogP contribution in [0.3, 0.4) is 0 Å². The molecule has 18 heavy (non-hydrogen) atoms. The third-order valence-electron chi connectivity index (χ3n) is 2.29. The van der Waals surface area contributed by atoms with E-state index in [0.29, 0.717) is 5.95 Å². The Morgan fingerprint density at radius 2 is 2.17 bits per heavy atom. The number of anilines is 3. The van der Waals surface area contributed by atoms with Gasteiger partial charge in [0.2, 0.25) is 5.95 Å². The third kappa shape index (κ3) is 3.70. The zero-order valence-corrected chi connectivity index (χ0v) is 11.7. The van der Waals surface area contributed by atoms with Gasteiger partial charge in [-0.15, -0.1) is 0 Å². The molecule has 0 fully saturated rings. The predicted molar refractivity (Wildman–Crippen MR) is 78.2 cm³/mol. The van der Waals surface area contributed by atoms with E-state index in [2.05, 4.69) is 43.5 Å². The highest BCUT2D eigenvalue weighted by molar-refractivity contribution is 9.10. The summed E-state index contributed by atoms with van der Waals surface area (Å²) in [6, 6.07) is 9.76. The van der Waals surface area contributed by atoms with Crippen LogP contribution in [-0.4, -0.2) is 16.5 Å². The molecule has 5 heteroatoms. The van der Waals surface area contributed by atoms with Crippen LogP contribution in [-0.2, 0) is 0 Å². The van der Waals surface area contributed by atoms with E-state index in [4.69, 9.17) is 0 Å². The molecule has 0 saturated heterocycles. The first kappa shape index (κ1) is 12.8. The minimum Gasteiger partial charge on any atom is -0.370 e. The SMILES string of the molecule is CCCNc1ccnc(Nc2cccc(Br)c2)n1. The number of aromatic nitrogens is 2. The van der Waals surface area contributed by atoms with Gasteiger partial charge in [-0.3, -0.25) is 0 Å². The summed E-state index contributed by atoms with van der Waals surface area (Å²) in [5, 5.41) is 6.40. The Hall–Kier alpha value is -1.62. The molecule has 1 aromatic heterocycles. The Labute approximate surface area is 115 Å². The van der Waals surface area contributed by atoms with Crippen molar-refractivity contribution in [2.75, 3.05) is 17.2 Å². The zero-order chi connectivity index (χ0) is 12.8. The Kier molecular flexibility index (Phi) is 4.52. The van der Waals surface area contributed by atoms with Crippen molar-refractivity contribution in [2.24, 2.45) is 0 Å². The van der Waals surface area contributed by atoms with Gasteiger partial charge in [0, 0.05) is 22.9 Å². The van der Waals surface area contributed by atoms with Crippen LogP contribution in [0, 0.1) is 0 Å². The van der Waals surface area contributed by atoms with E-state index >= 15 is 0 Å². The maximum Gasteiger partial charge on any atom is 0.229 e. The normalized spacial score (nSPS) is 10.1. The van der Waals surface area contributed by atoms with Crippen LogP contribution in [0.2, 0.25) is 0 Å². The molecule has 2 aromatic rings. The van der Waals surface area contributed by atoms with Crippen molar-refractivity contribution in [3.05, 3.63) is 41.0 Å². The number of halogens is 1. The van der Waals surface area contributed by atoms with Gasteiger partial charge in [-0.2, -0.15) is 4.98 Å². The Morgan fingerprint density at radius 1 is 1.28 bits per heavy atom. The summed E-state index contributed by atoms with van der Waals surface area (Å²) in [5.41, 5.74) is 0.956. The lowest BCUT2D eigenvalue weighted by atomic mass is 10.3. The molecule has 0 atom stereocenters. The average Bonchev–Trinajstić information content (AvgIpc) is 2.37. The molecule has 0 amide bonds. The van der Waals surface area contributed by atoms with Gasteiger partial charge in [0.1, 0.15) is 5.82 Å². The molecule has 94 valence electrons. The first-order valence-corrected chi connectivity index (χ1v) is 6.67. The van der Waals surface area contributed by atoms with E-state index < -0.39 is 0 Å². The smallest absolute Gasteiger partial charge is 0.229 e. The second-order valence-corrected chi connectivity index (χ2v) is 4.74. The maximum absolute atomic E-state index is 4.39. The van der Waals surface area contributed by atoms with Crippen LogP contribution in [0.15, 0.2) is 41.0 Å². The van der Waals surface area contributed by atoms with Gasteiger partial charge in [-0.05, 0) is 30.7 Å². The first-order chi connectivity index (χ1) is 8.78. The summed E-state index contributed by atoms with van der Waals surface area (Å²) < 4.78 is 1.02. The molecule has 0 aliphatic heterocycles. The van der Waals surface area contributed by atoms with Crippen LogP contribution >= 0.6 is 15.9 Å². The molecule has 0 spiro atoms. The average molecular weight is 307 g/mol. The van der Waals surface area contributed by atoms with E-state index in [9.17, 15) is 0 Å². The molecule has 0 radical (unpaired) electrons. The maximum atomic E-state index is 4.39. The Bertz CT molecular complexity index is 516. The van der Waals surface area contributed by atoms with Crippen molar-refractivity contribution in [1.82, 2.24) is 9.97 Å². The Morgan fingerprint density at radius 3 is 2.94 bits per heavy atom. The van der Waals surface area contributed by atoms with Crippen LogP contribution in [0.5, 0.6) is 0 Å². The highest BCUT2D eigenvalue weighted by Crippen LogP contribution is 2.18. The van der Waals surface area contributed by atoms with Gasteiger partial charge in [0.05, 0.1) is 0 Å². The molecule has 2 rings (SSSR count). The molecule has 0 saturated carbocycles. The summed E-state index contributed by atoms with van der Waals surface area (Å²) in [5.74, 6) is 1.43. The fourth-order valence-electron chi connectivity index (χ4n) is 1.47. The van der Waals surface area contributed by atoms with Crippen molar-refractivity contribution < 1.29 is 0 Å². The van der Waals surface area contributed by atoms with Crippen LogP contribution in [0.4, 0.5) is 17.5 Å². The summed E-state index contributed by atoms with van der Waals surface area (Å²) in [7, 11) is 0. The molecular weight excluding hydrogens is 292 g/mol. The number of rotatable bonds is 5. The lowest BCUT2D eigenvalue weighted by molar-refractivity contribution is 0.966. The molecule has 0 bridgehead atoms. The van der Waals surface area contributed by atoms with E-state index in [1.165, 1.54) is 0 Å². The second kappa shape index (κ2) is 6.35. The van der Waals surface area contributed by atoms with Crippen LogP contribution in [0.1, 0.15) is 13.3 Å². The minimum atomic E-state index is 0.592. The fraction of sp³-hybridized carbons (Fsp3) is 0.231. The van der Waals surface area contributed by atoms with E-state index in [0.717, 1.165) is 28.9 Å². The van der Waals surface area contributed by atoms with E-state index in [1.54, 1.807) is 6.20 Å². The molecular formula is C13H15BrN4. The van der Waals surface area contributed by atoms with Crippen molar-refractivity contribution in [1.29, 1.82) is 0 Å². The lowest BCUT2D eigenvalue weighted by Crippen LogP contribution is -2.04. The van der Waals surface area contributed by atoms with Gasteiger partial charge in [-0.1, -0.05) is 28.9 Å². The zero-order valence-electron chi connectivity index (χ0n) is 10.2. The summed E-state index contributed by atoms with van der Waals surface area (Å²) in [4.78, 5) is 8.58. The molecule has 0 unspecified atom stereocenters. The number of hydrogen-bond acceptors (Lipinski definition) is 4. The van der Waals surface area contributed by atoms with Gasteiger partial charge in [-0.25, -0.2) is 4.98 Å². The highest BCUT2D eigenvalue weighted by atomic mass is 79.9. The van der Waals surface area contributed by atoms with Crippen molar-refractivity contribution >= 4 is 33.4 Å². The van der Waals surface area contributed by atoms with Gasteiger partial charge in [0.25, 0.3) is 0 Å². The van der Waals surface area contributed by atoms with Gasteiger partial charge < -0.3 is 10.6 Å². The van der Waals surface area contributed by atoms with Crippen LogP contribution < -0.4 is 10.6 Å². The lowest BCUT2D eigenvalue weighted by Gasteiger charge is -2.07. The topological polar surface area (TPSA) is 49.8 Å². The first-order valence-electron chi connectivity index (χ1n) is 5.87. The number of nitrogens with one attached hydrogen (secondary N) is 2. The largest absolute Gasteiger partial charge is 0.370 e. The predicted octanol–water partition coefficient (Wildman–Crippen LogP) is 3.80. The standard InChI is InChI=1S/C13H15BrN4/c1-2-7-15-12-6-8-16-13(18-12)17-11-5-3-4-10(14)9-11/h3-6,8-9H,2,7H2,1H3,(H2,15,16,17,18). The van der Waals surface area contributed by atoms with Gasteiger partial charge >= 0.3 is 0 Å². The summed E-state index contributed by atoms with van der Waals surface area (Å²) in [6.07, 6.45) is 2.81. The van der Waals surface area contributed by atoms with Crippen molar-refractivity contribution in [3.8, 4) is 0 Å². The minimum absolute atomic E-state index is 0.592. The Balaban J connectivity index is 2.09. The fourth-order valence-corrected chi connectivity index (χ4v) is 1.87.